The second-order valence-corrected chi connectivity index (χ2v) is 14.1. The number of rotatable bonds is 12. The van der Waals surface area contributed by atoms with Gasteiger partial charge in [-0.1, -0.05) is 0 Å². The van der Waals surface area contributed by atoms with E-state index in [1.807, 2.05) is 0 Å². The molecule has 26 heteroatoms. The van der Waals surface area contributed by atoms with Gasteiger partial charge < -0.3 is 110 Å². The minimum absolute atomic E-state index is 0.583. The van der Waals surface area contributed by atoms with Gasteiger partial charge in [-0.3, -0.25) is 0 Å². The van der Waals surface area contributed by atoms with Crippen LogP contribution < -0.4 is 4.74 Å². The summed E-state index contributed by atoms with van der Waals surface area (Å²) in [5.74, 6) is -21.3. The zero-order valence-corrected chi connectivity index (χ0v) is 33.2. The van der Waals surface area contributed by atoms with E-state index in [0.717, 1.165) is 0 Å². The van der Waals surface area contributed by atoms with Crippen molar-refractivity contribution in [2.45, 2.75) is 37.0 Å². The van der Waals surface area contributed by atoms with Crippen LogP contribution in [0.1, 0.15) is 53.3 Å². The first kappa shape index (κ1) is 47.5. The van der Waals surface area contributed by atoms with Crippen molar-refractivity contribution in [2.75, 3.05) is 6.61 Å². The number of phenolic OH excluding ortho intramolecular Hbond substituents is 14. The number of phenols is 14. The fraction of sp³-hybridized carbons (Fsp3) is 0.171. The summed E-state index contributed by atoms with van der Waals surface area (Å²) < 4.78 is 32.2. The van der Waals surface area contributed by atoms with Gasteiger partial charge in [0.25, 0.3) is 0 Å². The fourth-order valence-electron chi connectivity index (χ4n) is 6.14. The first-order valence-corrected chi connectivity index (χ1v) is 18.5. The molecule has 1 unspecified atom stereocenters. The van der Waals surface area contributed by atoms with Gasteiger partial charge in [0.05, 0.1) is 22.3 Å². The number of aliphatic hydroxyl groups is 2. The van der Waals surface area contributed by atoms with E-state index in [1.165, 1.54) is 0 Å². The summed E-state index contributed by atoms with van der Waals surface area (Å²) in [6.45, 7) is -1.11. The van der Waals surface area contributed by atoms with Gasteiger partial charge in [-0.25, -0.2) is 19.2 Å². The Hall–Kier alpha value is -8.98. The van der Waals surface area contributed by atoms with E-state index in [2.05, 4.69) is 0 Å². The van der Waals surface area contributed by atoms with Gasteiger partial charge >= 0.3 is 23.9 Å². The van der Waals surface area contributed by atoms with Crippen molar-refractivity contribution < 1.29 is 129 Å². The second kappa shape index (κ2) is 18.6. The predicted octanol–water partition coefficient (Wildman–Crippen LogP) is 1.19. The highest BCUT2D eigenvalue weighted by atomic mass is 16.7. The highest BCUT2D eigenvalue weighted by Gasteiger charge is 2.52. The van der Waals surface area contributed by atoms with E-state index in [9.17, 15) is 101 Å². The first-order valence-electron chi connectivity index (χ1n) is 18.5. The molecule has 0 bridgehead atoms. The third kappa shape index (κ3) is 9.90. The molecule has 67 heavy (non-hydrogen) atoms. The molecule has 16 N–H and O–H groups in total. The van der Waals surface area contributed by atoms with Gasteiger partial charge in [0.2, 0.25) is 12.0 Å². The Balaban J connectivity index is 1.37. The SMILES string of the molecule is O=C(OC[C@H]1O[C@@H](OC(=O)c2cc(O)c(O)c(O)c2)[C@H](OC(=O)c2cc(O)c(O)c(O)c2)[C@@H](OC(O)c2cc(O)c(OC(=O)c3cc(O)c(O)c(O)c3)c(O)c2)[C@@H]1O)c1cc(O)c(O)c(O)c1. The Labute approximate surface area is 371 Å². The monoisotopic (exact) mass is 942 g/mol. The minimum atomic E-state index is -2.50. The average Bonchev–Trinajstić information content (AvgIpc) is 3.27. The lowest BCUT2D eigenvalue weighted by Crippen LogP contribution is -2.62. The zero-order valence-electron chi connectivity index (χ0n) is 33.2. The van der Waals surface area contributed by atoms with Gasteiger partial charge in [-0.15, -0.1) is 0 Å². The zero-order chi connectivity index (χ0) is 49.3. The number of carbonyl (C=O) groups excluding carboxylic acids is 4. The van der Waals surface area contributed by atoms with Crippen molar-refractivity contribution in [3.8, 4) is 86.2 Å². The Bertz CT molecular complexity index is 2670. The van der Waals surface area contributed by atoms with Gasteiger partial charge in [0, 0.05) is 5.56 Å². The van der Waals surface area contributed by atoms with Crippen LogP contribution >= 0.6 is 0 Å². The molecule has 0 spiro atoms. The van der Waals surface area contributed by atoms with Crippen LogP contribution in [0.15, 0.2) is 60.7 Å². The molecule has 0 amide bonds. The number of carbonyl (C=O) groups is 4. The number of aliphatic hydroxyl groups excluding tert-OH is 2. The number of benzene rings is 5. The van der Waals surface area contributed by atoms with E-state index in [1.54, 1.807) is 0 Å². The molecular weight excluding hydrogens is 908 g/mol. The number of aromatic hydroxyl groups is 14. The second-order valence-electron chi connectivity index (χ2n) is 14.1. The Morgan fingerprint density at radius 1 is 0.478 bits per heavy atom. The number of ether oxygens (including phenoxy) is 6. The lowest BCUT2D eigenvalue weighted by atomic mass is 9.98. The van der Waals surface area contributed by atoms with Gasteiger partial charge in [0.1, 0.15) is 24.9 Å². The van der Waals surface area contributed by atoms with Crippen LogP contribution in [0.3, 0.4) is 0 Å². The Morgan fingerprint density at radius 2 is 0.836 bits per heavy atom. The molecule has 1 fully saturated rings. The van der Waals surface area contributed by atoms with E-state index < -0.39 is 182 Å². The fourth-order valence-corrected chi connectivity index (χ4v) is 6.14. The van der Waals surface area contributed by atoms with Crippen molar-refractivity contribution in [3.63, 3.8) is 0 Å². The minimum Gasteiger partial charge on any atom is -0.504 e. The molecular formula is C41H34O26. The highest BCUT2D eigenvalue weighted by molar-refractivity contribution is 5.94. The molecule has 5 aromatic rings. The molecule has 1 aliphatic rings. The third-order valence-corrected chi connectivity index (χ3v) is 9.52. The molecule has 1 aliphatic heterocycles. The summed E-state index contributed by atoms with van der Waals surface area (Å²) in [7, 11) is 0. The number of hydrogen-bond donors (Lipinski definition) is 16. The van der Waals surface area contributed by atoms with Crippen LogP contribution in [-0.2, 0) is 23.7 Å². The average molecular weight is 943 g/mol. The quantitative estimate of drug-likeness (QED) is 0.0274. The molecule has 26 nitrogen and oxygen atoms in total. The Kier molecular flexibility index (Phi) is 13.2. The lowest BCUT2D eigenvalue weighted by molar-refractivity contribution is -0.312. The summed E-state index contributed by atoms with van der Waals surface area (Å²) >= 11 is 0. The Morgan fingerprint density at radius 3 is 1.24 bits per heavy atom. The van der Waals surface area contributed by atoms with E-state index in [4.69, 9.17) is 28.4 Å². The summed E-state index contributed by atoms with van der Waals surface area (Å²) in [6, 6.07) is 6.25. The van der Waals surface area contributed by atoms with E-state index in [0.29, 0.717) is 60.7 Å². The summed E-state index contributed by atoms with van der Waals surface area (Å²) in [4.78, 5) is 52.8. The van der Waals surface area contributed by atoms with Crippen molar-refractivity contribution in [2.24, 2.45) is 0 Å². The molecule has 0 radical (unpaired) electrons. The van der Waals surface area contributed by atoms with Crippen LogP contribution in [0.4, 0.5) is 0 Å². The lowest BCUT2D eigenvalue weighted by Gasteiger charge is -2.43. The maximum Gasteiger partial charge on any atom is 0.344 e. The maximum absolute atomic E-state index is 13.6. The highest BCUT2D eigenvalue weighted by Crippen LogP contribution is 2.43. The van der Waals surface area contributed by atoms with E-state index in [-0.39, 0.29) is 0 Å². The third-order valence-electron chi connectivity index (χ3n) is 9.52. The topological polar surface area (TPSA) is 447 Å². The van der Waals surface area contributed by atoms with Crippen molar-refractivity contribution in [1.82, 2.24) is 0 Å². The largest absolute Gasteiger partial charge is 0.504 e. The molecule has 0 aliphatic carbocycles. The molecule has 5 aromatic carbocycles. The van der Waals surface area contributed by atoms with Crippen LogP contribution in [-0.4, -0.2) is 143 Å². The van der Waals surface area contributed by atoms with Gasteiger partial charge in [-0.05, 0) is 60.7 Å². The maximum atomic E-state index is 13.6. The molecule has 354 valence electrons. The van der Waals surface area contributed by atoms with Crippen LogP contribution in [0, 0.1) is 0 Å². The smallest absolute Gasteiger partial charge is 0.344 e. The number of hydrogen-bond acceptors (Lipinski definition) is 26. The summed E-state index contributed by atoms with van der Waals surface area (Å²) in [6.07, 6.45) is -13.9. The van der Waals surface area contributed by atoms with Crippen LogP contribution in [0.5, 0.6) is 86.2 Å². The standard InChI is InChI=1S/C41H34O26/c42-17-1-12(2-18(43)28(17)52)36(57)62-11-27-32(56)34(65-38(59)16-9-25(50)33(26(51)10-16)64-37(58)13-3-19(44)29(53)20(45)4-13)35(66-39(60)14-5-21(46)30(54)22(47)6-14)41(63-27)67-40(61)15-7-23(48)31(55)24(49)8-15/h1-10,27,32,34-35,38,41-56,59H,11H2/t27-,32-,34+,35-,38?,41+/m1/s1. The molecule has 0 saturated carbocycles. The van der Waals surface area contributed by atoms with Crippen molar-refractivity contribution >= 4 is 23.9 Å². The van der Waals surface area contributed by atoms with Gasteiger partial charge in [0.15, 0.2) is 92.9 Å². The first-order chi connectivity index (χ1) is 31.4. The van der Waals surface area contributed by atoms with Gasteiger partial charge in [-0.2, -0.15) is 0 Å². The molecule has 1 saturated heterocycles. The molecule has 6 atom stereocenters. The van der Waals surface area contributed by atoms with E-state index >= 15 is 0 Å². The number of esters is 4. The van der Waals surface area contributed by atoms with Crippen molar-refractivity contribution in [1.29, 1.82) is 0 Å². The molecule has 0 aromatic heterocycles. The van der Waals surface area contributed by atoms with Crippen molar-refractivity contribution in [3.05, 3.63) is 88.5 Å². The summed E-state index contributed by atoms with van der Waals surface area (Å²) in [5.41, 5.74) is -3.30. The molecule has 1 heterocycles. The molecule has 6 rings (SSSR count). The van der Waals surface area contributed by atoms with Crippen LogP contribution in [0.25, 0.3) is 0 Å². The van der Waals surface area contributed by atoms with Crippen LogP contribution in [0.2, 0.25) is 0 Å². The predicted molar refractivity (Wildman–Crippen MR) is 210 cm³/mol. The summed E-state index contributed by atoms with van der Waals surface area (Å²) in [5, 5.41) is 163. The normalized spacial score (nSPS) is 18.3.